The fourth-order valence-electron chi connectivity index (χ4n) is 1.36. The third-order valence-electron chi connectivity index (χ3n) is 2.36. The summed E-state index contributed by atoms with van der Waals surface area (Å²) in [7, 11) is 0. The molecule has 1 aromatic rings. The number of hydrogen-bond donors (Lipinski definition) is 1. The second kappa shape index (κ2) is 6.03. The first-order valence-electron chi connectivity index (χ1n) is 5.14. The van der Waals surface area contributed by atoms with Crippen molar-refractivity contribution in [2.75, 3.05) is 0 Å². The van der Waals surface area contributed by atoms with Crippen LogP contribution in [0.1, 0.15) is 25.3 Å². The number of carbonyl (C=O) groups is 1. The molecule has 1 atom stereocenters. The molecule has 2 N–H and O–H groups in total. The molecule has 0 aliphatic carbocycles. The summed E-state index contributed by atoms with van der Waals surface area (Å²) in [5, 5.41) is 0. The third kappa shape index (κ3) is 4.14. The summed E-state index contributed by atoms with van der Waals surface area (Å²) in [6.45, 7) is 2.00. The summed E-state index contributed by atoms with van der Waals surface area (Å²) in [4.78, 5) is 11.6. The molecule has 3 heteroatoms. The minimum atomic E-state index is -0.0000113. The van der Waals surface area contributed by atoms with Gasteiger partial charge >= 0.3 is 0 Å². The van der Waals surface area contributed by atoms with Crippen LogP contribution in [-0.2, 0) is 11.2 Å². The lowest BCUT2D eigenvalue weighted by atomic mass is 10.0. The number of ketones is 1. The number of nitrogens with two attached hydrogens (primary N) is 1. The summed E-state index contributed by atoms with van der Waals surface area (Å²) < 4.78 is 0.989. The summed E-state index contributed by atoms with van der Waals surface area (Å²) in [6, 6.07) is 7.78. The van der Waals surface area contributed by atoms with Crippen LogP contribution in [0, 0.1) is 0 Å². The Morgan fingerprint density at radius 2 is 2.13 bits per heavy atom. The maximum atomic E-state index is 11.6. The molecule has 0 saturated carbocycles. The standard InChI is InChI=1S/C12H16BrNO/c1-2-10(14)8-11(15)7-9-5-3-4-6-12(9)13/h3-6,10H,2,7-8,14H2,1H3. The summed E-state index contributed by atoms with van der Waals surface area (Å²) in [5.41, 5.74) is 6.77. The van der Waals surface area contributed by atoms with Gasteiger partial charge in [0.05, 0.1) is 0 Å². The molecule has 0 aliphatic heterocycles. The van der Waals surface area contributed by atoms with E-state index < -0.39 is 0 Å². The average molecular weight is 270 g/mol. The first-order chi connectivity index (χ1) is 7.13. The van der Waals surface area contributed by atoms with Crippen LogP contribution in [-0.4, -0.2) is 11.8 Å². The van der Waals surface area contributed by atoms with Crippen molar-refractivity contribution in [3.63, 3.8) is 0 Å². The first kappa shape index (κ1) is 12.4. The molecule has 1 unspecified atom stereocenters. The van der Waals surface area contributed by atoms with Gasteiger partial charge in [-0.2, -0.15) is 0 Å². The van der Waals surface area contributed by atoms with Crippen molar-refractivity contribution >= 4 is 21.7 Å². The third-order valence-corrected chi connectivity index (χ3v) is 3.13. The minimum Gasteiger partial charge on any atom is -0.327 e. The number of halogens is 1. The molecule has 0 fully saturated rings. The van der Waals surface area contributed by atoms with E-state index in [-0.39, 0.29) is 11.8 Å². The molecule has 1 rings (SSSR count). The molecule has 82 valence electrons. The fourth-order valence-corrected chi connectivity index (χ4v) is 1.79. The molecule has 0 saturated heterocycles. The minimum absolute atomic E-state index is 0.0000113. The molecule has 0 radical (unpaired) electrons. The van der Waals surface area contributed by atoms with E-state index in [0.29, 0.717) is 12.8 Å². The van der Waals surface area contributed by atoms with Gasteiger partial charge in [-0.3, -0.25) is 4.79 Å². The number of benzene rings is 1. The van der Waals surface area contributed by atoms with Gasteiger partial charge in [0.1, 0.15) is 5.78 Å². The molecule has 2 nitrogen and oxygen atoms in total. The normalized spacial score (nSPS) is 12.5. The SMILES string of the molecule is CCC(N)CC(=O)Cc1ccccc1Br. The van der Waals surface area contributed by atoms with E-state index in [4.69, 9.17) is 5.73 Å². The molecule has 0 amide bonds. The van der Waals surface area contributed by atoms with Crippen molar-refractivity contribution < 1.29 is 4.79 Å². The largest absolute Gasteiger partial charge is 0.327 e. The van der Waals surface area contributed by atoms with Gasteiger partial charge in [0.2, 0.25) is 0 Å². The van der Waals surface area contributed by atoms with Crippen molar-refractivity contribution in [1.29, 1.82) is 0 Å². The zero-order valence-electron chi connectivity index (χ0n) is 8.87. The van der Waals surface area contributed by atoms with Crippen LogP contribution in [0.4, 0.5) is 0 Å². The van der Waals surface area contributed by atoms with Gasteiger partial charge in [-0.15, -0.1) is 0 Å². The Labute approximate surface area is 99.0 Å². The lowest BCUT2D eigenvalue weighted by Gasteiger charge is -2.08. The topological polar surface area (TPSA) is 43.1 Å². The van der Waals surface area contributed by atoms with Crippen molar-refractivity contribution in [2.24, 2.45) is 5.73 Å². The van der Waals surface area contributed by atoms with Gasteiger partial charge in [0.25, 0.3) is 0 Å². The Morgan fingerprint density at radius 1 is 1.47 bits per heavy atom. The van der Waals surface area contributed by atoms with Gasteiger partial charge in [-0.1, -0.05) is 41.1 Å². The molecule has 0 heterocycles. The highest BCUT2D eigenvalue weighted by Crippen LogP contribution is 2.17. The van der Waals surface area contributed by atoms with Gasteiger partial charge in [0.15, 0.2) is 0 Å². The highest BCUT2D eigenvalue weighted by molar-refractivity contribution is 9.10. The Hall–Kier alpha value is -0.670. The van der Waals surface area contributed by atoms with Crippen LogP contribution < -0.4 is 5.73 Å². The lowest BCUT2D eigenvalue weighted by Crippen LogP contribution is -2.23. The summed E-state index contributed by atoms with van der Waals surface area (Å²) in [6.07, 6.45) is 1.79. The molecule has 0 bridgehead atoms. The van der Waals surface area contributed by atoms with Gasteiger partial charge in [-0.25, -0.2) is 0 Å². The van der Waals surface area contributed by atoms with E-state index >= 15 is 0 Å². The summed E-state index contributed by atoms with van der Waals surface area (Å²) in [5.74, 6) is 0.205. The number of hydrogen-bond acceptors (Lipinski definition) is 2. The molecular formula is C12H16BrNO. The van der Waals surface area contributed by atoms with E-state index in [2.05, 4.69) is 15.9 Å². The van der Waals surface area contributed by atoms with Crippen LogP contribution in [0.5, 0.6) is 0 Å². The van der Waals surface area contributed by atoms with Crippen molar-refractivity contribution in [2.45, 2.75) is 32.2 Å². The Balaban J connectivity index is 2.55. The maximum Gasteiger partial charge on any atom is 0.138 e. The zero-order valence-corrected chi connectivity index (χ0v) is 10.5. The molecule has 15 heavy (non-hydrogen) atoms. The van der Waals surface area contributed by atoms with Crippen LogP contribution in [0.25, 0.3) is 0 Å². The van der Waals surface area contributed by atoms with Gasteiger partial charge < -0.3 is 5.73 Å². The second-order valence-electron chi connectivity index (χ2n) is 3.68. The number of Topliss-reactive ketones (excluding diaryl/α,β-unsaturated/α-hetero) is 1. The monoisotopic (exact) mass is 269 g/mol. The Morgan fingerprint density at radius 3 is 2.73 bits per heavy atom. The smallest absolute Gasteiger partial charge is 0.138 e. The maximum absolute atomic E-state index is 11.6. The Kier molecular flexibility index (Phi) is 4.99. The van der Waals surface area contributed by atoms with Crippen molar-refractivity contribution in [3.8, 4) is 0 Å². The zero-order chi connectivity index (χ0) is 11.3. The molecular weight excluding hydrogens is 254 g/mol. The summed E-state index contributed by atoms with van der Waals surface area (Å²) >= 11 is 3.42. The van der Waals surface area contributed by atoms with Crippen LogP contribution >= 0.6 is 15.9 Å². The fraction of sp³-hybridized carbons (Fsp3) is 0.417. The van der Waals surface area contributed by atoms with E-state index in [0.717, 1.165) is 16.5 Å². The van der Waals surface area contributed by atoms with Crippen molar-refractivity contribution in [3.05, 3.63) is 34.3 Å². The predicted molar refractivity (Wildman–Crippen MR) is 65.7 cm³/mol. The number of carbonyl (C=O) groups excluding carboxylic acids is 1. The van der Waals surface area contributed by atoms with Crippen molar-refractivity contribution in [1.82, 2.24) is 0 Å². The average Bonchev–Trinajstić information content (AvgIpc) is 2.21. The number of rotatable bonds is 5. The first-order valence-corrected chi connectivity index (χ1v) is 5.93. The molecule has 0 spiro atoms. The van der Waals surface area contributed by atoms with Crippen LogP contribution in [0.3, 0.4) is 0 Å². The quantitative estimate of drug-likeness (QED) is 0.893. The van der Waals surface area contributed by atoms with Crippen LogP contribution in [0.2, 0.25) is 0 Å². The highest BCUT2D eigenvalue weighted by Gasteiger charge is 2.09. The van der Waals surface area contributed by atoms with Gasteiger partial charge in [0, 0.05) is 23.4 Å². The van der Waals surface area contributed by atoms with Crippen LogP contribution in [0.15, 0.2) is 28.7 Å². The lowest BCUT2D eigenvalue weighted by molar-refractivity contribution is -0.118. The van der Waals surface area contributed by atoms with E-state index in [1.165, 1.54) is 0 Å². The molecule has 0 aliphatic rings. The van der Waals surface area contributed by atoms with E-state index in [1.807, 2.05) is 31.2 Å². The predicted octanol–water partition coefficient (Wildman–Crippen LogP) is 2.69. The van der Waals surface area contributed by atoms with E-state index in [9.17, 15) is 4.79 Å². The van der Waals surface area contributed by atoms with E-state index in [1.54, 1.807) is 0 Å². The molecule has 1 aromatic carbocycles. The second-order valence-corrected chi connectivity index (χ2v) is 4.53. The molecule has 0 aromatic heterocycles. The van der Waals surface area contributed by atoms with Gasteiger partial charge in [-0.05, 0) is 18.1 Å². The Bertz CT molecular complexity index is 338. The highest BCUT2D eigenvalue weighted by atomic mass is 79.9.